The Labute approximate surface area is 396 Å². The zero-order valence-corrected chi connectivity index (χ0v) is 39.4. The maximum atomic E-state index is 14.2. The number of aliphatic hydroxyl groups is 1. The summed E-state index contributed by atoms with van der Waals surface area (Å²) in [7, 11) is 0. The average Bonchev–Trinajstić information content (AvgIpc) is 3.88. The fourth-order valence-corrected chi connectivity index (χ4v) is 12.0. The molecule has 8 atom stereocenters. The Morgan fingerprint density at radius 1 is 0.848 bits per heavy atom. The monoisotopic (exact) mass is 909 g/mol. The number of unbranched alkanes of at least 4 members (excludes halogenated alkanes) is 3. The molecule has 3 aliphatic rings. The van der Waals surface area contributed by atoms with Gasteiger partial charge in [0.05, 0.1) is 22.7 Å². The topological polar surface area (TPSA) is 122 Å². The number of para-hydroxylation sites is 1. The third-order valence-corrected chi connectivity index (χ3v) is 15.6. The van der Waals surface area contributed by atoms with E-state index in [-0.39, 0.29) is 46.9 Å². The number of aryl methyl sites for hydroxylation is 1. The molecule has 66 heavy (non-hydrogen) atoms. The smallest absolute Gasteiger partial charge is 0.310 e. The van der Waals surface area contributed by atoms with Crippen LogP contribution in [0.25, 0.3) is 0 Å². The lowest BCUT2D eigenvalue weighted by Gasteiger charge is -2.35. The Morgan fingerprint density at radius 2 is 1.48 bits per heavy atom. The van der Waals surface area contributed by atoms with Gasteiger partial charge in [-0.25, -0.2) is 0 Å². The van der Waals surface area contributed by atoms with E-state index in [1.807, 2.05) is 43.0 Å². The van der Waals surface area contributed by atoms with E-state index < -0.39 is 30.0 Å². The SMILES string of the molecule is CC#CC[C@H](C)[C@H](O)C=C[C@@H]1[C@H]2c3cccc(CCCC(=O)O)c3O[C@H]2C[C@H]1OC(=O)[C@@H]1CCCC[C@@H]1C(=O)NCCCCCCSC(c1ccccc1)(c1ccccc1)c1ccccc1. The van der Waals surface area contributed by atoms with Crippen LogP contribution in [-0.2, 0) is 30.3 Å². The van der Waals surface area contributed by atoms with E-state index in [4.69, 9.17) is 9.47 Å². The van der Waals surface area contributed by atoms with E-state index in [0.29, 0.717) is 45.1 Å². The van der Waals surface area contributed by atoms with Crippen LogP contribution in [-0.4, -0.2) is 58.7 Å². The zero-order valence-electron chi connectivity index (χ0n) is 38.6. The molecule has 4 aromatic rings. The highest BCUT2D eigenvalue weighted by Gasteiger charge is 2.52. The summed E-state index contributed by atoms with van der Waals surface area (Å²) in [5, 5.41) is 23.5. The second kappa shape index (κ2) is 23.9. The van der Waals surface area contributed by atoms with Crippen LogP contribution in [0.1, 0.15) is 125 Å². The summed E-state index contributed by atoms with van der Waals surface area (Å²) < 4.78 is 12.7. The Kier molecular flexibility index (Phi) is 17.6. The van der Waals surface area contributed by atoms with Gasteiger partial charge in [-0.15, -0.1) is 23.6 Å². The van der Waals surface area contributed by atoms with Gasteiger partial charge in [0.25, 0.3) is 0 Å². The number of hydrogen-bond acceptors (Lipinski definition) is 7. The normalized spacial score (nSPS) is 22.0. The molecule has 9 heteroatoms. The molecule has 4 aromatic carbocycles. The first kappa shape index (κ1) is 48.6. The zero-order chi connectivity index (χ0) is 46.3. The lowest BCUT2D eigenvalue weighted by Crippen LogP contribution is -2.41. The van der Waals surface area contributed by atoms with Crippen molar-refractivity contribution in [3.8, 4) is 17.6 Å². The van der Waals surface area contributed by atoms with Crippen molar-refractivity contribution < 1.29 is 34.1 Å². The largest absolute Gasteiger partial charge is 0.489 e. The molecule has 2 saturated carbocycles. The van der Waals surface area contributed by atoms with Crippen LogP contribution in [0.15, 0.2) is 121 Å². The van der Waals surface area contributed by atoms with Gasteiger partial charge in [-0.1, -0.05) is 154 Å². The van der Waals surface area contributed by atoms with Gasteiger partial charge in [0, 0.05) is 43.2 Å². The minimum Gasteiger partial charge on any atom is -0.489 e. The molecule has 8 nitrogen and oxygen atoms in total. The summed E-state index contributed by atoms with van der Waals surface area (Å²) >= 11 is 1.99. The van der Waals surface area contributed by atoms with Gasteiger partial charge in [0.1, 0.15) is 18.0 Å². The third kappa shape index (κ3) is 11.8. The summed E-state index contributed by atoms with van der Waals surface area (Å²) in [6.07, 6.45) is 11.6. The number of aliphatic carboxylic acids is 1. The number of carboxylic acids is 1. The minimum atomic E-state index is -0.823. The molecule has 0 saturated heterocycles. The molecule has 1 aliphatic heterocycles. The third-order valence-electron chi connectivity index (χ3n) is 13.9. The Balaban J connectivity index is 0.942. The number of carboxylic acid groups (broad SMARTS) is 1. The lowest BCUT2D eigenvalue weighted by atomic mass is 9.78. The summed E-state index contributed by atoms with van der Waals surface area (Å²) in [6.45, 7) is 4.33. The van der Waals surface area contributed by atoms with Crippen molar-refractivity contribution in [1.29, 1.82) is 0 Å². The molecule has 0 unspecified atom stereocenters. The minimum absolute atomic E-state index is 0.0645. The number of carbonyl (C=O) groups excluding carboxylic acids is 2. The highest BCUT2D eigenvalue weighted by atomic mass is 32.2. The Hall–Kier alpha value is -5.30. The number of hydrogen-bond donors (Lipinski definition) is 3. The first-order valence-electron chi connectivity index (χ1n) is 24.3. The molecular weight excluding hydrogens is 843 g/mol. The molecule has 0 spiro atoms. The fraction of sp³-hybridized carbons (Fsp3) is 0.456. The van der Waals surface area contributed by atoms with E-state index in [2.05, 4.69) is 114 Å². The predicted octanol–water partition coefficient (Wildman–Crippen LogP) is 11.0. The lowest BCUT2D eigenvalue weighted by molar-refractivity contribution is -0.161. The number of carbonyl (C=O) groups is 3. The maximum Gasteiger partial charge on any atom is 0.310 e. The van der Waals surface area contributed by atoms with E-state index in [0.717, 1.165) is 61.2 Å². The molecule has 0 radical (unpaired) electrons. The molecule has 7 rings (SSSR count). The molecule has 348 valence electrons. The van der Waals surface area contributed by atoms with Gasteiger partial charge in [0.15, 0.2) is 0 Å². The van der Waals surface area contributed by atoms with Crippen molar-refractivity contribution in [2.45, 2.75) is 126 Å². The first-order valence-corrected chi connectivity index (χ1v) is 25.2. The molecule has 0 aromatic heterocycles. The molecule has 2 aliphatic carbocycles. The number of aliphatic hydroxyl groups excluding tert-OH is 1. The van der Waals surface area contributed by atoms with Gasteiger partial charge in [0.2, 0.25) is 5.91 Å². The number of fused-ring (bicyclic) bond motifs is 3. The molecule has 1 amide bonds. The van der Waals surface area contributed by atoms with E-state index in [9.17, 15) is 24.6 Å². The summed E-state index contributed by atoms with van der Waals surface area (Å²) in [5.41, 5.74) is 5.80. The number of amides is 1. The number of nitrogens with one attached hydrogen (secondary N) is 1. The Bertz CT molecular complexity index is 2190. The summed E-state index contributed by atoms with van der Waals surface area (Å²) in [6, 6.07) is 38.4. The second-order valence-electron chi connectivity index (χ2n) is 18.4. The van der Waals surface area contributed by atoms with E-state index >= 15 is 0 Å². The number of esters is 1. The molecule has 0 bridgehead atoms. The first-order chi connectivity index (χ1) is 32.2. The summed E-state index contributed by atoms with van der Waals surface area (Å²) in [5.74, 6) is 5.14. The van der Waals surface area contributed by atoms with Gasteiger partial charge >= 0.3 is 11.9 Å². The van der Waals surface area contributed by atoms with Crippen LogP contribution in [0.4, 0.5) is 0 Å². The number of benzene rings is 4. The van der Waals surface area contributed by atoms with E-state index in [1.54, 1.807) is 6.92 Å². The molecule has 1 heterocycles. The van der Waals surface area contributed by atoms with Crippen LogP contribution in [0.5, 0.6) is 5.75 Å². The van der Waals surface area contributed by atoms with Crippen molar-refractivity contribution in [1.82, 2.24) is 5.32 Å². The van der Waals surface area contributed by atoms with Crippen LogP contribution in [0.3, 0.4) is 0 Å². The predicted molar refractivity (Wildman–Crippen MR) is 263 cm³/mol. The fourth-order valence-electron chi connectivity index (χ4n) is 10.4. The van der Waals surface area contributed by atoms with Gasteiger partial charge < -0.3 is 25.0 Å². The van der Waals surface area contributed by atoms with Crippen molar-refractivity contribution in [3.63, 3.8) is 0 Å². The number of rotatable bonds is 22. The van der Waals surface area contributed by atoms with Crippen LogP contribution >= 0.6 is 11.8 Å². The molecule has 3 N–H and O–H groups in total. The quantitative estimate of drug-likeness (QED) is 0.0234. The van der Waals surface area contributed by atoms with Crippen LogP contribution in [0.2, 0.25) is 0 Å². The van der Waals surface area contributed by atoms with Crippen LogP contribution < -0.4 is 10.1 Å². The van der Waals surface area contributed by atoms with Crippen molar-refractivity contribution in [3.05, 3.63) is 149 Å². The number of thioether (sulfide) groups is 1. The van der Waals surface area contributed by atoms with E-state index in [1.165, 1.54) is 16.7 Å². The van der Waals surface area contributed by atoms with Gasteiger partial charge in [-0.3, -0.25) is 14.4 Å². The van der Waals surface area contributed by atoms with Crippen molar-refractivity contribution in [2.24, 2.45) is 23.7 Å². The standard InChI is InChI=1S/C57H67NO7S/c1-3-4-22-40(2)49(59)36-35-47-50(39-51-53(47)48-33-20-23-41(54(48)64-51)24-21-34-52(60)61)65-56(63)46-32-17-16-31-45(46)55(62)58-37-18-5-6-19-38-66-57(42-25-10-7-11-26-42,43-27-12-8-13-28-43)44-29-14-9-15-30-44/h7-15,20,23,25-30,33,35-36,40,45-47,49-51,53,59H,5-6,16-19,21-22,24,31-32,34,37-39H2,1-2H3,(H,58,62)(H,60,61)/t40-,45-,46+,47-,49+,50+,51-,53-/m0/s1. The van der Waals surface area contributed by atoms with Crippen LogP contribution in [0, 0.1) is 35.5 Å². The molecular formula is C57H67NO7S. The van der Waals surface area contributed by atoms with Gasteiger partial charge in [-0.05, 0) is 79.4 Å². The average molecular weight is 910 g/mol. The highest BCUT2D eigenvalue weighted by Crippen LogP contribution is 2.53. The highest BCUT2D eigenvalue weighted by molar-refractivity contribution is 8.00. The summed E-state index contributed by atoms with van der Waals surface area (Å²) in [4.78, 5) is 39.3. The Morgan fingerprint density at radius 3 is 2.12 bits per heavy atom. The number of ether oxygens (including phenoxy) is 2. The van der Waals surface area contributed by atoms with Crippen molar-refractivity contribution in [2.75, 3.05) is 12.3 Å². The molecule has 2 fully saturated rings. The van der Waals surface area contributed by atoms with Gasteiger partial charge in [-0.2, -0.15) is 0 Å². The maximum absolute atomic E-state index is 14.2. The second-order valence-corrected chi connectivity index (χ2v) is 19.7. The van der Waals surface area contributed by atoms with Crippen molar-refractivity contribution >= 4 is 29.6 Å².